The normalized spacial score (nSPS) is 20.8. The number of aromatic nitrogens is 2. The van der Waals surface area contributed by atoms with Crippen LogP contribution in [0.4, 0.5) is 0 Å². The molecule has 0 saturated carbocycles. The van der Waals surface area contributed by atoms with E-state index in [1.165, 1.54) is 18.7 Å². The number of amides is 1. The fourth-order valence-electron chi connectivity index (χ4n) is 2.08. The van der Waals surface area contributed by atoms with Gasteiger partial charge < -0.3 is 15.8 Å². The van der Waals surface area contributed by atoms with Gasteiger partial charge in [-0.1, -0.05) is 5.16 Å². The van der Waals surface area contributed by atoms with Gasteiger partial charge in [0.05, 0.1) is 5.56 Å². The van der Waals surface area contributed by atoms with Crippen molar-refractivity contribution in [3.8, 4) is 0 Å². The highest BCUT2D eigenvalue weighted by molar-refractivity contribution is 5.94. The van der Waals surface area contributed by atoms with Crippen molar-refractivity contribution in [3.05, 3.63) is 24.3 Å². The molecule has 0 radical (unpaired) electrons. The molecule has 1 saturated heterocycles. The molecule has 3 N–H and O–H groups in total. The molecule has 1 atom stereocenters. The molecule has 1 aromatic rings. The summed E-state index contributed by atoms with van der Waals surface area (Å²) in [6.07, 6.45) is 6.02. The van der Waals surface area contributed by atoms with Gasteiger partial charge in [-0.3, -0.25) is 4.79 Å². The van der Waals surface area contributed by atoms with Crippen LogP contribution in [0, 0.1) is 5.92 Å². The standard InChI is InChI=1S/C11H15N5O2/c12-10(15-18)8-2-1-3-16(6-8)11(17)9-4-13-7-14-5-9/h4-5,7-8,18H,1-3,6H2,(H2,12,15). The number of likely N-dealkylation sites (tertiary alicyclic amines) is 1. The average Bonchev–Trinajstić information content (AvgIpc) is 2.46. The number of carbonyl (C=O) groups excluding carboxylic acids is 1. The highest BCUT2D eigenvalue weighted by Gasteiger charge is 2.27. The second-order valence-corrected chi connectivity index (χ2v) is 4.24. The molecule has 1 aromatic heterocycles. The van der Waals surface area contributed by atoms with E-state index in [4.69, 9.17) is 10.9 Å². The smallest absolute Gasteiger partial charge is 0.257 e. The van der Waals surface area contributed by atoms with E-state index in [1.807, 2.05) is 0 Å². The van der Waals surface area contributed by atoms with Gasteiger partial charge in [-0.25, -0.2) is 9.97 Å². The van der Waals surface area contributed by atoms with Crippen LogP contribution in [0.2, 0.25) is 0 Å². The summed E-state index contributed by atoms with van der Waals surface area (Å²) in [6.45, 7) is 1.13. The number of piperidine rings is 1. The van der Waals surface area contributed by atoms with Crippen molar-refractivity contribution in [1.29, 1.82) is 0 Å². The van der Waals surface area contributed by atoms with Gasteiger partial charge in [0.1, 0.15) is 12.2 Å². The summed E-state index contributed by atoms with van der Waals surface area (Å²) < 4.78 is 0. The molecule has 1 unspecified atom stereocenters. The van der Waals surface area contributed by atoms with Crippen molar-refractivity contribution >= 4 is 11.7 Å². The van der Waals surface area contributed by atoms with Crippen LogP contribution in [0.15, 0.2) is 23.9 Å². The summed E-state index contributed by atoms with van der Waals surface area (Å²) in [5, 5.41) is 11.7. The Morgan fingerprint density at radius 3 is 2.89 bits per heavy atom. The predicted octanol–water partition coefficient (Wildman–Crippen LogP) is 0.0752. The summed E-state index contributed by atoms with van der Waals surface area (Å²) in [6, 6.07) is 0. The largest absolute Gasteiger partial charge is 0.409 e. The Morgan fingerprint density at radius 1 is 1.50 bits per heavy atom. The Labute approximate surface area is 104 Å². The summed E-state index contributed by atoms with van der Waals surface area (Å²) in [4.78, 5) is 21.5. The Balaban J connectivity index is 2.08. The second-order valence-electron chi connectivity index (χ2n) is 4.24. The van der Waals surface area contributed by atoms with E-state index in [2.05, 4.69) is 15.1 Å². The molecule has 2 heterocycles. The van der Waals surface area contributed by atoms with Crippen LogP contribution in [-0.2, 0) is 0 Å². The number of oxime groups is 1. The molecule has 1 fully saturated rings. The minimum absolute atomic E-state index is 0.0858. The molecule has 0 aromatic carbocycles. The minimum Gasteiger partial charge on any atom is -0.409 e. The zero-order valence-electron chi connectivity index (χ0n) is 9.86. The van der Waals surface area contributed by atoms with Crippen LogP contribution in [0.1, 0.15) is 23.2 Å². The van der Waals surface area contributed by atoms with E-state index in [0.717, 1.165) is 12.8 Å². The highest BCUT2D eigenvalue weighted by Crippen LogP contribution is 2.18. The van der Waals surface area contributed by atoms with Crippen molar-refractivity contribution in [3.63, 3.8) is 0 Å². The quantitative estimate of drug-likeness (QED) is 0.334. The Kier molecular flexibility index (Phi) is 3.71. The summed E-state index contributed by atoms with van der Waals surface area (Å²) >= 11 is 0. The lowest BCUT2D eigenvalue weighted by atomic mass is 9.96. The third kappa shape index (κ3) is 2.55. The Hall–Kier alpha value is -2.18. The lowest BCUT2D eigenvalue weighted by molar-refractivity contribution is 0.0700. The van der Waals surface area contributed by atoms with Gasteiger partial charge in [0.25, 0.3) is 5.91 Å². The van der Waals surface area contributed by atoms with Gasteiger partial charge in [-0.15, -0.1) is 0 Å². The first-order valence-corrected chi connectivity index (χ1v) is 5.74. The monoisotopic (exact) mass is 249 g/mol. The first-order chi connectivity index (χ1) is 8.72. The van der Waals surface area contributed by atoms with Gasteiger partial charge in [0.15, 0.2) is 0 Å². The van der Waals surface area contributed by atoms with Crippen LogP contribution in [0.5, 0.6) is 0 Å². The van der Waals surface area contributed by atoms with Crippen LogP contribution in [-0.4, -0.2) is 44.9 Å². The molecule has 1 aliphatic rings. The molecule has 7 heteroatoms. The SMILES string of the molecule is NC(=NO)C1CCCN(C(=O)c2cncnc2)C1. The molecular weight excluding hydrogens is 234 g/mol. The number of nitrogens with zero attached hydrogens (tertiary/aromatic N) is 4. The van der Waals surface area contributed by atoms with Crippen molar-refractivity contribution in [2.45, 2.75) is 12.8 Å². The molecular formula is C11H15N5O2. The average molecular weight is 249 g/mol. The summed E-state index contributed by atoms with van der Waals surface area (Å²) in [7, 11) is 0. The van der Waals surface area contributed by atoms with E-state index in [1.54, 1.807) is 4.90 Å². The third-order valence-corrected chi connectivity index (χ3v) is 3.05. The number of nitrogens with two attached hydrogens (primary N) is 1. The Bertz CT molecular complexity index is 448. The van der Waals surface area contributed by atoms with Crippen LogP contribution in [0.25, 0.3) is 0 Å². The number of carbonyl (C=O) groups is 1. The van der Waals surface area contributed by atoms with Crippen LogP contribution in [0.3, 0.4) is 0 Å². The van der Waals surface area contributed by atoms with Crippen molar-refractivity contribution < 1.29 is 10.0 Å². The molecule has 0 bridgehead atoms. The molecule has 96 valence electrons. The molecule has 18 heavy (non-hydrogen) atoms. The van der Waals surface area contributed by atoms with Gasteiger partial charge in [-0.2, -0.15) is 0 Å². The van der Waals surface area contributed by atoms with Crippen molar-refractivity contribution in [2.24, 2.45) is 16.8 Å². The predicted molar refractivity (Wildman–Crippen MR) is 64.1 cm³/mol. The highest BCUT2D eigenvalue weighted by atomic mass is 16.4. The van der Waals surface area contributed by atoms with Crippen molar-refractivity contribution in [1.82, 2.24) is 14.9 Å². The number of hydrogen-bond donors (Lipinski definition) is 2. The maximum absolute atomic E-state index is 12.2. The third-order valence-electron chi connectivity index (χ3n) is 3.05. The van der Waals surface area contributed by atoms with Gasteiger partial charge in [-0.05, 0) is 12.8 Å². The van der Waals surface area contributed by atoms with E-state index in [9.17, 15) is 4.79 Å². The van der Waals surface area contributed by atoms with E-state index >= 15 is 0 Å². The maximum Gasteiger partial charge on any atom is 0.257 e. The molecule has 2 rings (SSSR count). The fourth-order valence-corrected chi connectivity index (χ4v) is 2.08. The molecule has 0 spiro atoms. The van der Waals surface area contributed by atoms with Crippen LogP contribution >= 0.6 is 0 Å². The molecule has 1 amide bonds. The first-order valence-electron chi connectivity index (χ1n) is 5.74. The maximum atomic E-state index is 12.2. The van der Waals surface area contributed by atoms with E-state index in [0.29, 0.717) is 18.7 Å². The topological polar surface area (TPSA) is 105 Å². The van der Waals surface area contributed by atoms with Gasteiger partial charge in [0, 0.05) is 31.4 Å². The first kappa shape index (κ1) is 12.3. The lowest BCUT2D eigenvalue weighted by Crippen LogP contribution is -2.44. The zero-order valence-corrected chi connectivity index (χ0v) is 9.86. The Morgan fingerprint density at radius 2 is 2.22 bits per heavy atom. The van der Waals surface area contributed by atoms with E-state index < -0.39 is 0 Å². The van der Waals surface area contributed by atoms with E-state index in [-0.39, 0.29) is 17.7 Å². The zero-order chi connectivity index (χ0) is 13.0. The fraction of sp³-hybridized carbons (Fsp3) is 0.455. The van der Waals surface area contributed by atoms with Crippen LogP contribution < -0.4 is 5.73 Å². The second kappa shape index (κ2) is 5.44. The lowest BCUT2D eigenvalue weighted by Gasteiger charge is -2.31. The molecule has 7 nitrogen and oxygen atoms in total. The van der Waals surface area contributed by atoms with Gasteiger partial charge >= 0.3 is 0 Å². The minimum atomic E-state index is -0.119. The molecule has 1 aliphatic heterocycles. The molecule has 0 aliphatic carbocycles. The number of amidine groups is 1. The van der Waals surface area contributed by atoms with Gasteiger partial charge in [0.2, 0.25) is 0 Å². The summed E-state index contributed by atoms with van der Waals surface area (Å²) in [5.74, 6) is -0.0276. The summed E-state index contributed by atoms with van der Waals surface area (Å²) in [5.41, 5.74) is 6.04. The number of hydrogen-bond acceptors (Lipinski definition) is 5. The number of rotatable bonds is 2. The van der Waals surface area contributed by atoms with Crippen molar-refractivity contribution in [2.75, 3.05) is 13.1 Å².